The van der Waals surface area contributed by atoms with E-state index in [4.69, 9.17) is 0 Å². The van der Waals surface area contributed by atoms with Crippen molar-refractivity contribution >= 4 is 31.9 Å². The van der Waals surface area contributed by atoms with Crippen LogP contribution in [0, 0.1) is 11.6 Å². The highest BCUT2D eigenvalue weighted by Crippen LogP contribution is 2.39. The maximum absolute atomic E-state index is 12.8. The van der Waals surface area contributed by atoms with Gasteiger partial charge in [0.15, 0.2) is 11.6 Å². The summed E-state index contributed by atoms with van der Waals surface area (Å²) in [5.41, 5.74) is -1.26. The zero-order valence-electron chi connectivity index (χ0n) is 6.22. The van der Waals surface area contributed by atoms with Crippen molar-refractivity contribution in [3.63, 3.8) is 0 Å². The number of alkyl halides is 3. The van der Waals surface area contributed by atoms with Crippen LogP contribution in [0.4, 0.5) is 22.0 Å². The molecule has 0 radical (unpaired) electrons. The summed E-state index contributed by atoms with van der Waals surface area (Å²) in [5, 5.41) is 0. The lowest BCUT2D eigenvalue weighted by Crippen LogP contribution is -2.08. The molecule has 0 atom stereocenters. The summed E-state index contributed by atoms with van der Waals surface area (Å²) in [6.45, 7) is 0. The maximum atomic E-state index is 12.8. The number of rotatable bonds is 0. The van der Waals surface area contributed by atoms with Gasteiger partial charge in [-0.05, 0) is 37.9 Å². The van der Waals surface area contributed by atoms with Crippen molar-refractivity contribution in [1.29, 1.82) is 0 Å². The summed E-state index contributed by atoms with van der Waals surface area (Å²) in [6.07, 6.45) is -4.73. The standard InChI is InChI=1S/C7HBr2F5/c8-3-1-2(7(12,13)14)4(9)6(11)5(3)10/h1H. The first-order valence-corrected chi connectivity index (χ1v) is 4.74. The third kappa shape index (κ3) is 2.08. The minimum Gasteiger partial charge on any atom is -0.202 e. The Morgan fingerprint density at radius 1 is 1.00 bits per heavy atom. The monoisotopic (exact) mass is 338 g/mol. The lowest BCUT2D eigenvalue weighted by atomic mass is 10.2. The molecule has 78 valence electrons. The van der Waals surface area contributed by atoms with Crippen molar-refractivity contribution in [3.8, 4) is 0 Å². The molecule has 14 heavy (non-hydrogen) atoms. The smallest absolute Gasteiger partial charge is 0.202 e. The van der Waals surface area contributed by atoms with E-state index in [1.54, 1.807) is 0 Å². The van der Waals surface area contributed by atoms with Gasteiger partial charge in [-0.1, -0.05) is 0 Å². The first kappa shape index (κ1) is 11.9. The SMILES string of the molecule is Fc1c(Br)cc(C(F)(F)F)c(Br)c1F. The van der Waals surface area contributed by atoms with Crippen LogP contribution in [0.1, 0.15) is 5.56 Å². The van der Waals surface area contributed by atoms with Gasteiger partial charge in [0.25, 0.3) is 0 Å². The molecular formula is C7HBr2F5. The second-order valence-corrected chi connectivity index (χ2v) is 3.99. The summed E-state index contributed by atoms with van der Waals surface area (Å²) in [6, 6.07) is 0.475. The van der Waals surface area contributed by atoms with Crippen LogP contribution in [0.15, 0.2) is 15.0 Å². The van der Waals surface area contributed by atoms with Gasteiger partial charge in [0.2, 0.25) is 0 Å². The third-order valence-electron chi connectivity index (χ3n) is 1.41. The number of benzene rings is 1. The Morgan fingerprint density at radius 2 is 1.50 bits per heavy atom. The van der Waals surface area contributed by atoms with Crippen molar-refractivity contribution in [2.45, 2.75) is 6.18 Å². The van der Waals surface area contributed by atoms with E-state index in [0.717, 1.165) is 0 Å². The van der Waals surface area contributed by atoms with Crippen LogP contribution in [0.25, 0.3) is 0 Å². The zero-order chi connectivity index (χ0) is 11.1. The molecule has 0 aromatic heterocycles. The largest absolute Gasteiger partial charge is 0.417 e. The summed E-state index contributed by atoms with van der Waals surface area (Å²) in [7, 11) is 0. The predicted molar refractivity (Wildman–Crippen MR) is 46.8 cm³/mol. The molecule has 0 nitrogen and oxygen atoms in total. The van der Waals surface area contributed by atoms with Gasteiger partial charge in [-0.3, -0.25) is 0 Å². The van der Waals surface area contributed by atoms with Crippen LogP contribution < -0.4 is 0 Å². The van der Waals surface area contributed by atoms with Gasteiger partial charge in [-0.15, -0.1) is 0 Å². The van der Waals surface area contributed by atoms with Gasteiger partial charge in [0.1, 0.15) is 0 Å². The second-order valence-electron chi connectivity index (χ2n) is 2.35. The molecule has 0 bridgehead atoms. The zero-order valence-corrected chi connectivity index (χ0v) is 9.40. The van der Waals surface area contributed by atoms with E-state index in [9.17, 15) is 22.0 Å². The number of hydrogen-bond donors (Lipinski definition) is 0. The lowest BCUT2D eigenvalue weighted by molar-refractivity contribution is -0.138. The molecule has 0 heterocycles. The summed E-state index contributed by atoms with van der Waals surface area (Å²) in [5.74, 6) is -2.92. The third-order valence-corrected chi connectivity index (χ3v) is 2.76. The molecule has 0 fully saturated rings. The Bertz CT molecular complexity index is 371. The molecule has 0 saturated heterocycles. The molecule has 0 amide bonds. The van der Waals surface area contributed by atoms with Crippen LogP contribution >= 0.6 is 31.9 Å². The first-order chi connectivity index (χ1) is 6.25. The fraction of sp³-hybridized carbons (Fsp3) is 0.143. The molecule has 1 rings (SSSR count). The van der Waals surface area contributed by atoms with Crippen molar-refractivity contribution in [1.82, 2.24) is 0 Å². The molecule has 1 aromatic rings. The molecule has 0 unspecified atom stereocenters. The van der Waals surface area contributed by atoms with Gasteiger partial charge < -0.3 is 0 Å². The molecule has 1 aromatic carbocycles. The first-order valence-electron chi connectivity index (χ1n) is 3.15. The van der Waals surface area contributed by atoms with Crippen molar-refractivity contribution in [3.05, 3.63) is 32.2 Å². The van der Waals surface area contributed by atoms with Crippen LogP contribution in [-0.2, 0) is 6.18 Å². The Balaban J connectivity index is 3.49. The second kappa shape index (κ2) is 3.77. The Hall–Kier alpha value is -0.170. The molecule has 0 aliphatic carbocycles. The number of halogens is 7. The predicted octanol–water partition coefficient (Wildman–Crippen LogP) is 4.51. The molecule has 0 saturated carbocycles. The van der Waals surface area contributed by atoms with Crippen LogP contribution in [-0.4, -0.2) is 0 Å². The summed E-state index contributed by atoms with van der Waals surface area (Å²) >= 11 is 4.83. The minimum atomic E-state index is -4.73. The molecule has 0 spiro atoms. The van der Waals surface area contributed by atoms with Crippen molar-refractivity contribution in [2.75, 3.05) is 0 Å². The van der Waals surface area contributed by atoms with E-state index < -0.39 is 32.3 Å². The summed E-state index contributed by atoms with van der Waals surface area (Å²) < 4.78 is 60.7. The van der Waals surface area contributed by atoms with E-state index in [1.807, 2.05) is 0 Å². The Morgan fingerprint density at radius 3 is 1.93 bits per heavy atom. The van der Waals surface area contributed by atoms with Crippen LogP contribution in [0.3, 0.4) is 0 Å². The maximum Gasteiger partial charge on any atom is 0.417 e. The minimum absolute atomic E-state index is 0.475. The number of hydrogen-bond acceptors (Lipinski definition) is 0. The topological polar surface area (TPSA) is 0 Å². The fourth-order valence-electron chi connectivity index (χ4n) is 0.779. The van der Waals surface area contributed by atoms with Gasteiger partial charge in [-0.25, -0.2) is 8.78 Å². The van der Waals surface area contributed by atoms with Crippen LogP contribution in [0.2, 0.25) is 0 Å². The highest BCUT2D eigenvalue weighted by atomic mass is 79.9. The molecule has 0 aliphatic heterocycles. The van der Waals surface area contributed by atoms with Gasteiger partial charge in [0.05, 0.1) is 14.5 Å². The van der Waals surface area contributed by atoms with Crippen molar-refractivity contribution in [2.24, 2.45) is 0 Å². The van der Waals surface area contributed by atoms with E-state index in [2.05, 4.69) is 31.9 Å². The van der Waals surface area contributed by atoms with E-state index in [1.165, 1.54) is 0 Å². The summed E-state index contributed by atoms with van der Waals surface area (Å²) in [4.78, 5) is 0. The van der Waals surface area contributed by atoms with Gasteiger partial charge in [0, 0.05) is 0 Å². The quantitative estimate of drug-likeness (QED) is 0.370. The fourth-order valence-corrected chi connectivity index (χ4v) is 1.70. The van der Waals surface area contributed by atoms with E-state index >= 15 is 0 Å². The van der Waals surface area contributed by atoms with Crippen LogP contribution in [0.5, 0.6) is 0 Å². The van der Waals surface area contributed by atoms with E-state index in [0.29, 0.717) is 6.07 Å². The normalized spacial score (nSPS) is 11.9. The average Bonchev–Trinajstić information content (AvgIpc) is 2.06. The van der Waals surface area contributed by atoms with Crippen molar-refractivity contribution < 1.29 is 22.0 Å². The molecule has 7 heteroatoms. The van der Waals surface area contributed by atoms with Gasteiger partial charge >= 0.3 is 6.18 Å². The average molecular weight is 340 g/mol. The molecular weight excluding hydrogens is 339 g/mol. The highest BCUT2D eigenvalue weighted by Gasteiger charge is 2.35. The molecule has 0 aliphatic rings. The Labute approximate surface area is 92.4 Å². The van der Waals surface area contributed by atoms with E-state index in [-0.39, 0.29) is 0 Å². The highest BCUT2D eigenvalue weighted by molar-refractivity contribution is 9.11. The Kier molecular flexibility index (Phi) is 3.20. The lowest BCUT2D eigenvalue weighted by Gasteiger charge is -2.10. The van der Waals surface area contributed by atoms with Gasteiger partial charge in [-0.2, -0.15) is 13.2 Å². The molecule has 0 N–H and O–H groups in total.